The van der Waals surface area contributed by atoms with E-state index in [1.165, 1.54) is 6.92 Å². The second kappa shape index (κ2) is 11.9. The zero-order valence-corrected chi connectivity index (χ0v) is 27.6. The average molecular weight is 605 g/mol. The summed E-state index contributed by atoms with van der Waals surface area (Å²) in [6.45, 7) is 17.3. The van der Waals surface area contributed by atoms with Crippen molar-refractivity contribution in [3.8, 4) is 0 Å². The molecule has 0 aromatic heterocycles. The van der Waals surface area contributed by atoms with E-state index in [4.69, 9.17) is 14.2 Å². The lowest BCUT2D eigenvalue weighted by Crippen LogP contribution is -2.46. The molecule has 2 aliphatic heterocycles. The first-order chi connectivity index (χ1) is 20.3. The maximum absolute atomic E-state index is 12.5. The van der Waals surface area contributed by atoms with E-state index in [0.29, 0.717) is 37.0 Å². The summed E-state index contributed by atoms with van der Waals surface area (Å²) in [5.41, 5.74) is 3.75. The first-order valence-corrected chi connectivity index (χ1v) is 15.4. The van der Waals surface area contributed by atoms with Crippen molar-refractivity contribution in [1.82, 2.24) is 0 Å². The van der Waals surface area contributed by atoms with Crippen molar-refractivity contribution < 1.29 is 34.0 Å². The minimum atomic E-state index is -1.13. The van der Waals surface area contributed by atoms with Gasteiger partial charge in [0.15, 0.2) is 0 Å². The van der Waals surface area contributed by atoms with Gasteiger partial charge in [0.05, 0.1) is 17.3 Å². The number of cyclic esters (lactones) is 1. The highest BCUT2D eigenvalue weighted by atomic mass is 16.6. The Hall–Kier alpha value is -3.22. The van der Waals surface area contributed by atoms with Crippen LogP contribution in [0.15, 0.2) is 88.5 Å². The molecule has 0 spiro atoms. The molecular weight excluding hydrogens is 556 g/mol. The van der Waals surface area contributed by atoms with Crippen molar-refractivity contribution in [3.63, 3.8) is 0 Å². The van der Waals surface area contributed by atoms with Crippen molar-refractivity contribution in [1.29, 1.82) is 0 Å². The summed E-state index contributed by atoms with van der Waals surface area (Å²) in [5, 5.41) is 21.4. The minimum Gasteiger partial charge on any atom is -0.462 e. The highest BCUT2D eigenvalue weighted by molar-refractivity contribution is 5.95. The first kappa shape index (κ1) is 33.7. The van der Waals surface area contributed by atoms with E-state index >= 15 is 0 Å². The first-order valence-electron chi connectivity index (χ1n) is 15.4. The molecule has 2 aliphatic carbocycles. The van der Waals surface area contributed by atoms with E-state index in [9.17, 15) is 19.8 Å². The van der Waals surface area contributed by atoms with Crippen LogP contribution in [-0.2, 0) is 23.8 Å². The fourth-order valence-corrected chi connectivity index (χ4v) is 7.49. The highest BCUT2D eigenvalue weighted by Crippen LogP contribution is 2.66. The molecule has 0 aromatic carbocycles. The number of hydrogen-bond donors (Lipinski definition) is 2. The van der Waals surface area contributed by atoms with Crippen LogP contribution in [0.4, 0.5) is 0 Å². The standard InChI is InChI=1S/C37H48O7/c1-24(14-15-31-33(4,5)22-30(42-26(3)38)23-35(31,8)41)12-10-11-13-25(2)18-29-19-27(32(40)43-29)16-17-37-34(6,7)20-28(39)21-36(37,9)44-37/h10-14,16-19,28,30,39,41H,20-23H2,1-9H3/b11-10+,17-16+,24-12+,25-13+,29-18-/t15?,28-,30-,35+,36+,37-/m0/s1. The zero-order chi connectivity index (χ0) is 32.7. The Morgan fingerprint density at radius 3 is 2.27 bits per heavy atom. The lowest BCUT2D eigenvalue weighted by atomic mass is 9.63. The Bertz CT molecular complexity index is 1430. The van der Waals surface area contributed by atoms with E-state index in [2.05, 4.69) is 19.6 Å². The predicted octanol–water partition coefficient (Wildman–Crippen LogP) is 6.65. The zero-order valence-electron chi connectivity index (χ0n) is 27.6. The molecule has 238 valence electrons. The molecule has 1 saturated heterocycles. The van der Waals surface area contributed by atoms with E-state index < -0.39 is 28.9 Å². The van der Waals surface area contributed by atoms with Gasteiger partial charge in [-0.3, -0.25) is 4.79 Å². The number of aliphatic hydroxyl groups excluding tert-OH is 1. The molecule has 0 aromatic rings. The van der Waals surface area contributed by atoms with Crippen molar-refractivity contribution >= 4 is 11.9 Å². The van der Waals surface area contributed by atoms with Gasteiger partial charge in [-0.05, 0) is 87.5 Å². The second-order valence-corrected chi connectivity index (χ2v) is 14.6. The van der Waals surface area contributed by atoms with E-state index in [-0.39, 0.29) is 22.9 Å². The summed E-state index contributed by atoms with van der Waals surface area (Å²) in [5.74, 6) is -0.257. The van der Waals surface area contributed by atoms with Gasteiger partial charge in [-0.15, -0.1) is 5.73 Å². The van der Waals surface area contributed by atoms with Crippen molar-refractivity contribution in [2.75, 3.05) is 0 Å². The third kappa shape index (κ3) is 7.02. The van der Waals surface area contributed by atoms with Crippen LogP contribution in [-0.4, -0.2) is 51.2 Å². The number of hydrogen-bond acceptors (Lipinski definition) is 7. The molecule has 0 bridgehead atoms. The lowest BCUT2D eigenvalue weighted by molar-refractivity contribution is -0.152. The molecule has 4 rings (SSSR count). The van der Waals surface area contributed by atoms with Gasteiger partial charge >= 0.3 is 11.9 Å². The van der Waals surface area contributed by atoms with Crippen LogP contribution in [0.25, 0.3) is 0 Å². The molecule has 4 aliphatic rings. The number of rotatable bonds is 7. The minimum absolute atomic E-state index is 0.259. The summed E-state index contributed by atoms with van der Waals surface area (Å²) >= 11 is 0. The highest BCUT2D eigenvalue weighted by Gasteiger charge is 2.74. The van der Waals surface area contributed by atoms with Gasteiger partial charge in [0.2, 0.25) is 0 Å². The molecule has 7 heteroatoms. The van der Waals surface area contributed by atoms with E-state index in [1.807, 2.05) is 77.2 Å². The molecule has 0 unspecified atom stereocenters. The number of aliphatic hydroxyl groups is 2. The summed E-state index contributed by atoms with van der Waals surface area (Å²) in [4.78, 5) is 24.0. The van der Waals surface area contributed by atoms with Gasteiger partial charge in [0.25, 0.3) is 0 Å². The largest absolute Gasteiger partial charge is 0.462 e. The Morgan fingerprint density at radius 1 is 1.00 bits per heavy atom. The Balaban J connectivity index is 1.41. The fraction of sp³-hybridized carbons (Fsp3) is 0.541. The third-order valence-corrected chi connectivity index (χ3v) is 9.30. The SMILES string of the molecule is CC(=O)O[C@H]1CC(C)(C)C(=C=C/C(C)=C/C=C/C=C(C)/C=C2C=C(/C=C/[C@@]34O[C@]3(C)C[C@@H](O)CC4(C)C)C(=O)O/2)[C@](C)(O)C1. The number of carbonyl (C=O) groups excluding carboxylic acids is 2. The molecule has 2 N–H and O–H groups in total. The number of fused-ring (bicyclic) bond motifs is 1. The molecule has 0 amide bonds. The average Bonchev–Trinajstić information content (AvgIpc) is 3.32. The topological polar surface area (TPSA) is 106 Å². The van der Waals surface area contributed by atoms with Crippen LogP contribution in [0.3, 0.4) is 0 Å². The number of allylic oxidation sites excluding steroid dienone is 8. The smallest absolute Gasteiger partial charge is 0.343 e. The van der Waals surface area contributed by atoms with Gasteiger partial charge in [-0.1, -0.05) is 52.0 Å². The molecule has 44 heavy (non-hydrogen) atoms. The lowest BCUT2D eigenvalue weighted by Gasteiger charge is -2.44. The van der Waals surface area contributed by atoms with Crippen LogP contribution >= 0.6 is 0 Å². The maximum atomic E-state index is 12.5. The molecule has 3 fully saturated rings. The maximum Gasteiger partial charge on any atom is 0.343 e. The fourth-order valence-electron chi connectivity index (χ4n) is 7.49. The van der Waals surface area contributed by atoms with Crippen LogP contribution < -0.4 is 0 Å². The Labute approximate surface area is 262 Å². The van der Waals surface area contributed by atoms with Gasteiger partial charge in [0.1, 0.15) is 23.1 Å². The Kier molecular flexibility index (Phi) is 9.14. The molecule has 7 nitrogen and oxygen atoms in total. The van der Waals surface area contributed by atoms with Gasteiger partial charge in [0, 0.05) is 30.8 Å². The van der Waals surface area contributed by atoms with E-state index in [1.54, 1.807) is 19.1 Å². The number of esters is 2. The monoisotopic (exact) mass is 604 g/mol. The molecule has 2 heterocycles. The number of epoxide rings is 1. The van der Waals surface area contributed by atoms with Gasteiger partial charge < -0.3 is 24.4 Å². The molecule has 2 saturated carbocycles. The van der Waals surface area contributed by atoms with Crippen LogP contribution in [0.2, 0.25) is 0 Å². The Morgan fingerprint density at radius 2 is 1.66 bits per heavy atom. The number of carbonyl (C=O) groups is 2. The van der Waals surface area contributed by atoms with Gasteiger partial charge in [-0.2, -0.15) is 0 Å². The van der Waals surface area contributed by atoms with Crippen molar-refractivity contribution in [2.24, 2.45) is 10.8 Å². The summed E-state index contributed by atoms with van der Waals surface area (Å²) in [6.07, 6.45) is 18.3. The molecular formula is C37H48O7. The van der Waals surface area contributed by atoms with E-state index in [0.717, 1.165) is 16.7 Å². The molecule has 5 atom stereocenters. The predicted molar refractivity (Wildman–Crippen MR) is 170 cm³/mol. The van der Waals surface area contributed by atoms with Gasteiger partial charge in [-0.25, -0.2) is 4.79 Å². The quantitative estimate of drug-likeness (QED) is 0.145. The summed E-state index contributed by atoms with van der Waals surface area (Å²) < 4.78 is 17.1. The van der Waals surface area contributed by atoms with Crippen LogP contribution in [0.1, 0.15) is 88.0 Å². The second-order valence-electron chi connectivity index (χ2n) is 14.6. The normalized spacial score (nSPS) is 35.8. The van der Waals surface area contributed by atoms with Crippen LogP contribution in [0, 0.1) is 10.8 Å². The summed E-state index contributed by atoms with van der Waals surface area (Å²) in [6, 6.07) is 0. The number of ether oxygens (including phenoxy) is 3. The van der Waals surface area contributed by atoms with Crippen molar-refractivity contribution in [3.05, 3.63) is 88.5 Å². The summed E-state index contributed by atoms with van der Waals surface area (Å²) in [7, 11) is 0. The molecule has 0 radical (unpaired) electrons. The van der Waals surface area contributed by atoms with Crippen LogP contribution in [0.5, 0.6) is 0 Å². The third-order valence-electron chi connectivity index (χ3n) is 9.30. The van der Waals surface area contributed by atoms with Crippen molar-refractivity contribution in [2.45, 2.75) is 117 Å².